The zero-order valence-corrected chi connectivity index (χ0v) is 14.0. The maximum Gasteiger partial charge on any atom is 0.327 e. The molecule has 2 aliphatic rings. The van der Waals surface area contributed by atoms with Gasteiger partial charge in [0, 0.05) is 32.2 Å². The number of piperazine rings is 1. The summed E-state index contributed by atoms with van der Waals surface area (Å²) in [6.07, 6.45) is 3.41. The van der Waals surface area contributed by atoms with Crippen molar-refractivity contribution in [2.75, 3.05) is 46.9 Å². The van der Waals surface area contributed by atoms with E-state index in [1.807, 2.05) is 14.0 Å². The third-order valence-corrected chi connectivity index (χ3v) is 5.17. The van der Waals surface area contributed by atoms with Gasteiger partial charge < -0.3 is 15.0 Å². The van der Waals surface area contributed by atoms with Crippen LogP contribution in [0.15, 0.2) is 0 Å². The van der Waals surface area contributed by atoms with Crippen LogP contribution in [0.1, 0.15) is 33.1 Å². The number of hydrogen-bond acceptors (Lipinski definition) is 5. The Kier molecular flexibility index (Phi) is 5.63. The summed E-state index contributed by atoms with van der Waals surface area (Å²) in [6.45, 7) is 8.50. The van der Waals surface area contributed by atoms with Crippen molar-refractivity contribution in [3.8, 4) is 0 Å². The number of likely N-dealkylation sites (N-methyl/N-ethyl adjacent to an activating group) is 2. The quantitative estimate of drug-likeness (QED) is 0.709. The second-order valence-electron chi connectivity index (χ2n) is 6.49. The van der Waals surface area contributed by atoms with Crippen molar-refractivity contribution in [2.24, 2.45) is 5.92 Å². The SMILES string of the molecule is CCOC(=O)C(CN1CCN(C)C(CC)C1)(NC)C1CC1. The molecule has 2 fully saturated rings. The van der Waals surface area contributed by atoms with Crippen molar-refractivity contribution in [2.45, 2.75) is 44.7 Å². The first-order valence-corrected chi connectivity index (χ1v) is 8.36. The Morgan fingerprint density at radius 2 is 2.05 bits per heavy atom. The number of rotatable bonds is 7. The number of nitrogens with one attached hydrogen (secondary N) is 1. The molecule has 1 heterocycles. The fourth-order valence-electron chi connectivity index (χ4n) is 3.53. The van der Waals surface area contributed by atoms with E-state index in [1.54, 1.807) is 0 Å². The molecule has 1 N–H and O–H groups in total. The highest BCUT2D eigenvalue weighted by Gasteiger charge is 2.52. The van der Waals surface area contributed by atoms with E-state index in [2.05, 4.69) is 29.1 Å². The summed E-state index contributed by atoms with van der Waals surface area (Å²) in [5.74, 6) is 0.364. The average molecular weight is 297 g/mol. The largest absolute Gasteiger partial charge is 0.465 e. The van der Waals surface area contributed by atoms with E-state index >= 15 is 0 Å². The molecular weight excluding hydrogens is 266 g/mol. The van der Waals surface area contributed by atoms with Crippen LogP contribution in [0.3, 0.4) is 0 Å². The van der Waals surface area contributed by atoms with Crippen LogP contribution in [0.25, 0.3) is 0 Å². The molecule has 2 atom stereocenters. The number of esters is 1. The van der Waals surface area contributed by atoms with Gasteiger partial charge >= 0.3 is 5.97 Å². The summed E-state index contributed by atoms with van der Waals surface area (Å²) >= 11 is 0. The molecule has 1 aliphatic heterocycles. The third kappa shape index (κ3) is 3.58. The van der Waals surface area contributed by atoms with Crippen LogP contribution in [-0.2, 0) is 9.53 Å². The molecule has 5 nitrogen and oxygen atoms in total. The Labute approximate surface area is 129 Å². The molecule has 122 valence electrons. The molecule has 1 saturated heterocycles. The van der Waals surface area contributed by atoms with Crippen LogP contribution in [0.2, 0.25) is 0 Å². The van der Waals surface area contributed by atoms with E-state index < -0.39 is 5.54 Å². The smallest absolute Gasteiger partial charge is 0.327 e. The molecular formula is C16H31N3O2. The summed E-state index contributed by atoms with van der Waals surface area (Å²) in [5.41, 5.74) is -0.510. The van der Waals surface area contributed by atoms with Crippen molar-refractivity contribution in [1.82, 2.24) is 15.1 Å². The normalized spacial score (nSPS) is 27.3. The first-order chi connectivity index (χ1) is 10.1. The molecule has 0 spiro atoms. The maximum absolute atomic E-state index is 12.5. The molecule has 1 aliphatic carbocycles. The monoisotopic (exact) mass is 297 g/mol. The van der Waals surface area contributed by atoms with Gasteiger partial charge in [0.25, 0.3) is 0 Å². The summed E-state index contributed by atoms with van der Waals surface area (Å²) in [5, 5.41) is 3.32. The van der Waals surface area contributed by atoms with E-state index in [1.165, 1.54) is 0 Å². The van der Waals surface area contributed by atoms with Gasteiger partial charge in [0.2, 0.25) is 0 Å². The predicted octanol–water partition coefficient (Wildman–Crippen LogP) is 0.944. The van der Waals surface area contributed by atoms with E-state index in [-0.39, 0.29) is 5.97 Å². The fourth-order valence-corrected chi connectivity index (χ4v) is 3.53. The van der Waals surface area contributed by atoms with E-state index in [0.717, 1.165) is 45.4 Å². The molecule has 0 radical (unpaired) electrons. The van der Waals surface area contributed by atoms with Crippen LogP contribution < -0.4 is 5.32 Å². The van der Waals surface area contributed by atoms with Gasteiger partial charge in [-0.2, -0.15) is 0 Å². The minimum atomic E-state index is -0.510. The summed E-state index contributed by atoms with van der Waals surface area (Å²) in [6, 6.07) is 0.592. The highest BCUT2D eigenvalue weighted by atomic mass is 16.5. The van der Waals surface area contributed by atoms with Crippen molar-refractivity contribution in [3.63, 3.8) is 0 Å². The number of carbonyl (C=O) groups excluding carboxylic acids is 1. The molecule has 0 amide bonds. The fraction of sp³-hybridized carbons (Fsp3) is 0.938. The Balaban J connectivity index is 2.06. The van der Waals surface area contributed by atoms with E-state index in [0.29, 0.717) is 18.6 Å². The average Bonchev–Trinajstić information content (AvgIpc) is 3.31. The minimum absolute atomic E-state index is 0.0676. The second kappa shape index (κ2) is 7.07. The topological polar surface area (TPSA) is 44.8 Å². The van der Waals surface area contributed by atoms with Gasteiger partial charge in [0.05, 0.1) is 6.61 Å². The van der Waals surface area contributed by atoms with Gasteiger partial charge in [-0.25, -0.2) is 4.79 Å². The number of nitrogens with zero attached hydrogens (tertiary/aromatic N) is 2. The maximum atomic E-state index is 12.5. The lowest BCUT2D eigenvalue weighted by Crippen LogP contribution is -2.63. The van der Waals surface area contributed by atoms with Crippen LogP contribution in [-0.4, -0.2) is 74.2 Å². The van der Waals surface area contributed by atoms with Gasteiger partial charge in [0.1, 0.15) is 5.54 Å². The summed E-state index contributed by atoms with van der Waals surface area (Å²) in [7, 11) is 4.10. The van der Waals surface area contributed by atoms with Crippen LogP contribution in [0, 0.1) is 5.92 Å². The first kappa shape index (κ1) is 16.7. The number of hydrogen-bond donors (Lipinski definition) is 1. The predicted molar refractivity (Wildman–Crippen MR) is 84.3 cm³/mol. The first-order valence-electron chi connectivity index (χ1n) is 8.36. The molecule has 1 saturated carbocycles. The number of ether oxygens (including phenoxy) is 1. The standard InChI is InChI=1S/C16H31N3O2/c1-5-14-11-19(10-9-18(14)4)12-16(17-3,13-7-8-13)15(20)21-6-2/h13-14,17H,5-12H2,1-4H3. The molecule has 0 aromatic heterocycles. The molecule has 0 aromatic carbocycles. The van der Waals surface area contributed by atoms with Crippen molar-refractivity contribution < 1.29 is 9.53 Å². The zero-order chi connectivity index (χ0) is 15.5. The lowest BCUT2D eigenvalue weighted by atomic mass is 9.91. The molecule has 21 heavy (non-hydrogen) atoms. The highest BCUT2D eigenvalue weighted by Crippen LogP contribution is 2.41. The Hall–Kier alpha value is -0.650. The van der Waals surface area contributed by atoms with Gasteiger partial charge in [-0.1, -0.05) is 6.92 Å². The molecule has 5 heteroatoms. The molecule has 0 aromatic rings. The van der Waals surface area contributed by atoms with Crippen molar-refractivity contribution >= 4 is 5.97 Å². The Bertz CT molecular complexity index is 359. The molecule has 2 unspecified atom stereocenters. The van der Waals surface area contributed by atoms with Crippen LogP contribution >= 0.6 is 0 Å². The van der Waals surface area contributed by atoms with Gasteiger partial charge in [0.15, 0.2) is 0 Å². The lowest BCUT2D eigenvalue weighted by Gasteiger charge is -2.43. The van der Waals surface area contributed by atoms with E-state index in [4.69, 9.17) is 4.74 Å². The number of carbonyl (C=O) groups is 1. The third-order valence-electron chi connectivity index (χ3n) is 5.17. The summed E-state index contributed by atoms with van der Waals surface area (Å²) in [4.78, 5) is 17.4. The molecule has 0 bridgehead atoms. The zero-order valence-electron chi connectivity index (χ0n) is 14.0. The van der Waals surface area contributed by atoms with Gasteiger partial charge in [-0.05, 0) is 46.2 Å². The van der Waals surface area contributed by atoms with Crippen molar-refractivity contribution in [1.29, 1.82) is 0 Å². The van der Waals surface area contributed by atoms with Crippen LogP contribution in [0.5, 0.6) is 0 Å². The lowest BCUT2D eigenvalue weighted by molar-refractivity contribution is -0.153. The van der Waals surface area contributed by atoms with Gasteiger partial charge in [-0.15, -0.1) is 0 Å². The van der Waals surface area contributed by atoms with Crippen molar-refractivity contribution in [3.05, 3.63) is 0 Å². The van der Waals surface area contributed by atoms with Gasteiger partial charge in [-0.3, -0.25) is 4.90 Å². The van der Waals surface area contributed by atoms with Crippen LogP contribution in [0.4, 0.5) is 0 Å². The molecule has 2 rings (SSSR count). The second-order valence-corrected chi connectivity index (χ2v) is 6.49. The van der Waals surface area contributed by atoms with E-state index in [9.17, 15) is 4.79 Å². The highest BCUT2D eigenvalue weighted by molar-refractivity contribution is 5.82. The summed E-state index contributed by atoms with van der Waals surface area (Å²) < 4.78 is 5.38. The Morgan fingerprint density at radius 1 is 1.33 bits per heavy atom. The minimum Gasteiger partial charge on any atom is -0.465 e. The Morgan fingerprint density at radius 3 is 2.57 bits per heavy atom.